The summed E-state index contributed by atoms with van der Waals surface area (Å²) in [6.45, 7) is 1.04. The van der Waals surface area contributed by atoms with E-state index < -0.39 is 20.0 Å². The van der Waals surface area contributed by atoms with Crippen LogP contribution >= 0.6 is 0 Å². The molecule has 0 N–H and O–H groups in total. The smallest absolute Gasteiger partial charge is 0.207 e. The van der Waals surface area contributed by atoms with Crippen molar-refractivity contribution in [2.24, 2.45) is 0 Å². The van der Waals surface area contributed by atoms with E-state index in [4.69, 9.17) is 21.0 Å². The highest BCUT2D eigenvalue weighted by Gasteiger charge is 2.33. The van der Waals surface area contributed by atoms with Crippen LogP contribution in [0.3, 0.4) is 0 Å². The zero-order chi connectivity index (χ0) is 33.9. The van der Waals surface area contributed by atoms with Gasteiger partial charge in [0.1, 0.15) is 9.79 Å². The van der Waals surface area contributed by atoms with Crippen LogP contribution in [0.4, 0.5) is 0 Å². The Morgan fingerprint density at radius 1 is 0.413 bits per heavy atom. The number of nitriles is 4. The minimum atomic E-state index is -4.15. The Hall–Kier alpha value is -3.00. The van der Waals surface area contributed by atoms with E-state index in [1.807, 2.05) is 0 Å². The average molecular weight is 673 g/mol. The molecule has 1 aromatic rings. The summed E-state index contributed by atoms with van der Waals surface area (Å²) in [4.78, 5) is -0.422. The molecule has 1 rings (SSSR count). The molecule has 0 aliphatic carbocycles. The van der Waals surface area contributed by atoms with Crippen LogP contribution in [0.2, 0.25) is 0 Å². The van der Waals surface area contributed by atoms with Gasteiger partial charge in [0.25, 0.3) is 0 Å². The first kappa shape index (κ1) is 41.0. The molecular weight excluding hydrogens is 621 g/mol. The first-order valence-corrected chi connectivity index (χ1v) is 19.7. The first-order chi connectivity index (χ1) is 22.3. The molecule has 10 nitrogen and oxygen atoms in total. The third kappa shape index (κ3) is 16.0. The Morgan fingerprint density at radius 3 is 0.891 bits per heavy atom. The lowest BCUT2D eigenvalue weighted by Crippen LogP contribution is -2.37. The van der Waals surface area contributed by atoms with Crippen molar-refractivity contribution in [3.8, 4) is 24.3 Å². The van der Waals surface area contributed by atoms with E-state index in [9.17, 15) is 16.8 Å². The lowest BCUT2D eigenvalue weighted by Gasteiger charge is -2.26. The number of rotatable bonds is 28. The largest absolute Gasteiger partial charge is 0.244 e. The molecule has 254 valence electrons. The van der Waals surface area contributed by atoms with Crippen molar-refractivity contribution in [3.05, 3.63) is 24.3 Å². The van der Waals surface area contributed by atoms with Crippen LogP contribution in [0.1, 0.15) is 128 Å². The van der Waals surface area contributed by atoms with E-state index in [1.165, 1.54) is 20.7 Å². The van der Waals surface area contributed by atoms with Gasteiger partial charge in [0.2, 0.25) is 20.0 Å². The molecule has 0 spiro atoms. The summed E-state index contributed by atoms with van der Waals surface area (Å²) in [5.74, 6) is 0. The van der Waals surface area contributed by atoms with Gasteiger partial charge in [-0.05, 0) is 63.5 Å². The molecule has 0 heterocycles. The molecule has 0 aliphatic heterocycles. The fraction of sp³-hybridized carbons (Fsp3) is 0.706. The van der Waals surface area contributed by atoms with Crippen LogP contribution in [-0.2, 0) is 20.0 Å². The normalized spacial score (nSPS) is 11.6. The molecular formula is C34H52N6O4S2. The minimum absolute atomic E-state index is 0.211. The van der Waals surface area contributed by atoms with E-state index >= 15 is 0 Å². The lowest BCUT2D eigenvalue weighted by molar-refractivity contribution is 0.378. The Labute approximate surface area is 278 Å². The molecule has 0 atom stereocenters. The summed E-state index contributed by atoms with van der Waals surface area (Å²) in [5.41, 5.74) is 0. The van der Waals surface area contributed by atoms with Gasteiger partial charge in [-0.1, -0.05) is 63.5 Å². The van der Waals surface area contributed by atoms with Crippen molar-refractivity contribution >= 4 is 20.0 Å². The topological polar surface area (TPSA) is 170 Å². The second kappa shape index (κ2) is 25.1. The maximum Gasteiger partial charge on any atom is 0.244 e. The van der Waals surface area contributed by atoms with E-state index in [0.29, 0.717) is 51.4 Å². The zero-order valence-electron chi connectivity index (χ0n) is 27.4. The molecule has 0 fully saturated rings. The maximum absolute atomic E-state index is 14.2. The van der Waals surface area contributed by atoms with Crippen molar-refractivity contribution in [3.63, 3.8) is 0 Å². The van der Waals surface area contributed by atoms with Crippen molar-refractivity contribution in [2.45, 2.75) is 138 Å². The van der Waals surface area contributed by atoms with Crippen LogP contribution < -0.4 is 0 Å². The summed E-state index contributed by atoms with van der Waals surface area (Å²) < 4.78 is 59.5. The van der Waals surface area contributed by atoms with Gasteiger partial charge in [0.05, 0.1) is 24.3 Å². The third-order valence-electron chi connectivity index (χ3n) is 7.87. The van der Waals surface area contributed by atoms with Crippen LogP contribution in [0, 0.1) is 45.3 Å². The van der Waals surface area contributed by atoms with Crippen LogP contribution in [-0.4, -0.2) is 51.6 Å². The average Bonchev–Trinajstić information content (AvgIpc) is 3.05. The summed E-state index contributed by atoms with van der Waals surface area (Å²) in [6, 6.07) is 14.4. The van der Waals surface area contributed by atoms with Crippen LogP contribution in [0.25, 0.3) is 0 Å². The number of hydrogen-bond donors (Lipinski definition) is 0. The van der Waals surface area contributed by atoms with Gasteiger partial charge >= 0.3 is 0 Å². The standard InChI is InChI=1S/C34H52N6O4S2/c35-25-15-5-1-9-19-29-39(30-20-10-2-6-16-26-36)45(41,42)33-23-13-14-24-34(33)46(43,44)40(31-21-11-3-7-17-27-37)32-22-12-4-8-18-28-38/h13-14,23-24H,1-12,15-22,29-32H2. The Kier molecular flexibility index (Phi) is 22.4. The molecule has 0 saturated heterocycles. The Bertz CT molecular complexity index is 1210. The molecule has 0 unspecified atom stereocenters. The second-order valence-corrected chi connectivity index (χ2v) is 15.4. The van der Waals surface area contributed by atoms with Gasteiger partial charge in [0, 0.05) is 51.9 Å². The molecule has 0 amide bonds. The third-order valence-corrected chi connectivity index (χ3v) is 11.9. The summed E-state index contributed by atoms with van der Waals surface area (Å²) >= 11 is 0. The minimum Gasteiger partial charge on any atom is -0.207 e. The van der Waals surface area contributed by atoms with Gasteiger partial charge in [-0.3, -0.25) is 0 Å². The molecule has 0 radical (unpaired) electrons. The van der Waals surface area contributed by atoms with Gasteiger partial charge in [0.15, 0.2) is 0 Å². The SMILES string of the molecule is N#CCCCCCCN(CCCCCCC#N)S(=O)(=O)c1ccccc1S(=O)(=O)N(CCCCCCC#N)CCCCCCC#N. The van der Waals surface area contributed by atoms with E-state index in [2.05, 4.69) is 24.3 Å². The highest BCUT2D eigenvalue weighted by Crippen LogP contribution is 2.28. The Balaban J connectivity index is 3.24. The van der Waals surface area contributed by atoms with Gasteiger partial charge in [-0.25, -0.2) is 16.8 Å². The van der Waals surface area contributed by atoms with Crippen molar-refractivity contribution in [1.82, 2.24) is 8.61 Å². The summed E-state index contributed by atoms with van der Waals surface area (Å²) in [7, 11) is -8.31. The molecule has 0 bridgehead atoms. The number of unbranched alkanes of at least 4 members (excludes halogenated alkanes) is 16. The predicted molar refractivity (Wildman–Crippen MR) is 179 cm³/mol. The van der Waals surface area contributed by atoms with Gasteiger partial charge in [-0.2, -0.15) is 29.7 Å². The summed E-state index contributed by atoms with van der Waals surface area (Å²) in [5, 5.41) is 35.2. The van der Waals surface area contributed by atoms with Crippen LogP contribution in [0.5, 0.6) is 0 Å². The second-order valence-electron chi connectivity index (χ2n) is 11.5. The Morgan fingerprint density at radius 2 is 0.652 bits per heavy atom. The van der Waals surface area contributed by atoms with Crippen molar-refractivity contribution < 1.29 is 16.8 Å². The number of nitrogens with zero attached hydrogens (tertiary/aromatic N) is 6. The fourth-order valence-electron chi connectivity index (χ4n) is 5.24. The number of hydrogen-bond acceptors (Lipinski definition) is 8. The molecule has 1 aromatic carbocycles. The van der Waals surface area contributed by atoms with E-state index in [-0.39, 0.29) is 36.0 Å². The van der Waals surface area contributed by atoms with Crippen LogP contribution in [0.15, 0.2) is 34.1 Å². The number of benzene rings is 1. The van der Waals surface area contributed by atoms with Crippen molar-refractivity contribution in [1.29, 1.82) is 21.0 Å². The molecule has 12 heteroatoms. The lowest BCUT2D eigenvalue weighted by atomic mass is 10.1. The predicted octanol–water partition coefficient (Wildman–Crippen LogP) is 7.56. The quantitative estimate of drug-likeness (QED) is 0.0821. The molecule has 0 aliphatic rings. The highest BCUT2D eigenvalue weighted by molar-refractivity contribution is 7.92. The molecule has 0 saturated carbocycles. The van der Waals surface area contributed by atoms with Gasteiger partial charge in [-0.15, -0.1) is 0 Å². The summed E-state index contributed by atoms with van der Waals surface area (Å²) in [6.07, 6.45) is 13.7. The van der Waals surface area contributed by atoms with Gasteiger partial charge < -0.3 is 0 Å². The maximum atomic E-state index is 14.2. The molecule has 46 heavy (non-hydrogen) atoms. The van der Waals surface area contributed by atoms with Crippen molar-refractivity contribution in [2.75, 3.05) is 26.2 Å². The fourth-order valence-corrected chi connectivity index (χ4v) is 9.05. The first-order valence-electron chi connectivity index (χ1n) is 16.8. The van der Waals surface area contributed by atoms with E-state index in [1.54, 1.807) is 12.1 Å². The van der Waals surface area contributed by atoms with E-state index in [0.717, 1.165) is 77.0 Å². The number of sulfonamides is 2. The molecule has 0 aromatic heterocycles. The monoisotopic (exact) mass is 672 g/mol. The zero-order valence-corrected chi connectivity index (χ0v) is 29.0. The highest BCUT2D eigenvalue weighted by atomic mass is 32.2.